The van der Waals surface area contributed by atoms with E-state index in [1.807, 2.05) is 24.3 Å². The topological polar surface area (TPSA) is 134 Å². The Labute approximate surface area is 267 Å². The number of ketones is 1. The van der Waals surface area contributed by atoms with Gasteiger partial charge in [-0.2, -0.15) is 0 Å². The third-order valence-electron chi connectivity index (χ3n) is 8.30. The van der Waals surface area contributed by atoms with Crippen LogP contribution < -0.4 is 16.0 Å². The molecule has 3 unspecified atom stereocenters. The molecular weight excluding hydrogens is 607 g/mol. The van der Waals surface area contributed by atoms with Crippen LogP contribution in [0.15, 0.2) is 49.6 Å². The molecule has 1 aliphatic heterocycles. The fourth-order valence-corrected chi connectivity index (χ4v) is 7.00. The Balaban J connectivity index is 1.59. The Morgan fingerprint density at radius 3 is 2.27 bits per heavy atom. The molecule has 1 saturated carbocycles. The maximum atomic E-state index is 14.3. The van der Waals surface area contributed by atoms with Crippen LogP contribution in [0.25, 0.3) is 0 Å². The van der Waals surface area contributed by atoms with Crippen LogP contribution >= 0.6 is 23.2 Å². The number of rotatable bonds is 12. The van der Waals surface area contributed by atoms with Crippen molar-refractivity contribution in [1.82, 2.24) is 20.9 Å². The van der Waals surface area contributed by atoms with Gasteiger partial charge >= 0.3 is 6.09 Å². The zero-order valence-electron chi connectivity index (χ0n) is 25.2. The molecule has 0 spiro atoms. The number of likely N-dealkylation sites (tertiary alicyclic amines) is 1. The van der Waals surface area contributed by atoms with Gasteiger partial charge in [0.15, 0.2) is 0 Å². The number of hydrogen-bond acceptors (Lipinski definition) is 6. The lowest BCUT2D eigenvalue weighted by Gasteiger charge is -2.35. The summed E-state index contributed by atoms with van der Waals surface area (Å²) < 4.78 is 4.25. The number of carbonyl (C=O) groups excluding carboxylic acids is 5. The third-order valence-corrected chi connectivity index (χ3v) is 9.36. The number of nitrogens with one attached hydrogen (secondary N) is 3. The van der Waals surface area contributed by atoms with E-state index in [9.17, 15) is 24.0 Å². The normalized spacial score (nSPS) is 22.9. The van der Waals surface area contributed by atoms with Crippen molar-refractivity contribution >= 4 is 52.8 Å². The lowest BCUT2D eigenvalue weighted by atomic mass is 9.94. The second-order valence-electron chi connectivity index (χ2n) is 12.6. The maximum Gasteiger partial charge on any atom is 0.408 e. The Morgan fingerprint density at radius 1 is 1.07 bits per heavy atom. The highest BCUT2D eigenvalue weighted by Crippen LogP contribution is 2.65. The molecular formula is C32H40Cl2N4O6. The van der Waals surface area contributed by atoms with E-state index in [-0.39, 0.29) is 31.3 Å². The molecule has 1 saturated heterocycles. The average Bonchev–Trinajstić information content (AvgIpc) is 3.33. The minimum Gasteiger partial charge on any atom is -0.444 e. The predicted molar refractivity (Wildman–Crippen MR) is 167 cm³/mol. The van der Waals surface area contributed by atoms with Crippen molar-refractivity contribution in [3.63, 3.8) is 0 Å². The Bertz CT molecular complexity index is 1320. The molecule has 1 aromatic rings. The number of benzene rings is 1. The van der Waals surface area contributed by atoms with Crippen molar-refractivity contribution in [1.29, 1.82) is 0 Å². The number of piperidine rings is 1. The largest absolute Gasteiger partial charge is 0.444 e. The summed E-state index contributed by atoms with van der Waals surface area (Å²) in [4.78, 5) is 68.0. The van der Waals surface area contributed by atoms with Gasteiger partial charge in [-0.25, -0.2) is 4.79 Å². The van der Waals surface area contributed by atoms with Crippen LogP contribution in [0.3, 0.4) is 0 Å². The zero-order chi connectivity index (χ0) is 32.4. The third kappa shape index (κ3) is 7.29. The van der Waals surface area contributed by atoms with Crippen LogP contribution in [0, 0.1) is 17.8 Å². The van der Waals surface area contributed by atoms with Gasteiger partial charge < -0.3 is 25.6 Å². The van der Waals surface area contributed by atoms with Gasteiger partial charge in [-0.05, 0) is 63.5 Å². The van der Waals surface area contributed by atoms with E-state index < -0.39 is 63.6 Å². The lowest BCUT2D eigenvalue weighted by Crippen LogP contribution is -2.60. The van der Waals surface area contributed by atoms with E-state index in [0.29, 0.717) is 19.3 Å². The molecule has 0 bridgehead atoms. The molecule has 5 atom stereocenters. The first-order valence-corrected chi connectivity index (χ1v) is 15.5. The van der Waals surface area contributed by atoms with Crippen LogP contribution in [-0.2, 0) is 36.8 Å². The molecule has 3 aliphatic rings. The first kappa shape index (κ1) is 33.5. The van der Waals surface area contributed by atoms with Gasteiger partial charge in [0.25, 0.3) is 5.91 Å². The summed E-state index contributed by atoms with van der Waals surface area (Å²) in [6, 6.07) is 4.54. The molecule has 2 fully saturated rings. The van der Waals surface area contributed by atoms with E-state index >= 15 is 0 Å². The van der Waals surface area contributed by atoms with Crippen LogP contribution in [-0.4, -0.2) is 75.6 Å². The Morgan fingerprint density at radius 2 is 1.70 bits per heavy atom. The van der Waals surface area contributed by atoms with Crippen molar-refractivity contribution in [2.75, 3.05) is 13.1 Å². The second kappa shape index (κ2) is 13.3. The van der Waals surface area contributed by atoms with Crippen molar-refractivity contribution in [3.8, 4) is 0 Å². The molecule has 2 aliphatic carbocycles. The molecule has 1 aromatic carbocycles. The SMILES string of the molecule is C=CCCC(NC(=O)[C@@H]1C2C(CN1C(=O)[C@@H](NC(=O)OC(C)(C)C)C1Cc3ccccc3C1)C2(Cl)Cl)C(=O)C(=O)NCC=C. The molecule has 3 N–H and O–H groups in total. The summed E-state index contributed by atoms with van der Waals surface area (Å²) in [6.45, 7) is 12.5. The molecule has 4 rings (SSSR count). The molecule has 0 aromatic heterocycles. The lowest BCUT2D eigenvalue weighted by molar-refractivity contribution is -0.144. The zero-order valence-corrected chi connectivity index (χ0v) is 26.7. The minimum atomic E-state index is -1.24. The van der Waals surface area contributed by atoms with Crippen LogP contribution in [0.1, 0.15) is 44.7 Å². The van der Waals surface area contributed by atoms with Gasteiger partial charge in [-0.1, -0.05) is 36.4 Å². The maximum absolute atomic E-state index is 14.3. The van der Waals surface area contributed by atoms with Crippen LogP contribution in [0.2, 0.25) is 0 Å². The number of carbonyl (C=O) groups is 5. The van der Waals surface area contributed by atoms with Gasteiger partial charge in [-0.15, -0.1) is 36.4 Å². The summed E-state index contributed by atoms with van der Waals surface area (Å²) in [5, 5.41) is 7.90. The number of ether oxygens (including phenoxy) is 1. The highest BCUT2D eigenvalue weighted by molar-refractivity contribution is 6.51. The molecule has 4 amide bonds. The first-order valence-electron chi connectivity index (χ1n) is 14.8. The van der Waals surface area contributed by atoms with Gasteiger partial charge in [0.2, 0.25) is 17.6 Å². The number of alkyl halides is 2. The second-order valence-corrected chi connectivity index (χ2v) is 14.0. The number of fused-ring (bicyclic) bond motifs is 2. The van der Waals surface area contributed by atoms with Gasteiger partial charge in [0, 0.05) is 24.9 Å². The summed E-state index contributed by atoms with van der Waals surface area (Å²) in [5.41, 5.74) is 1.37. The number of hydrogen-bond donors (Lipinski definition) is 3. The van der Waals surface area contributed by atoms with Crippen molar-refractivity contribution < 1.29 is 28.7 Å². The summed E-state index contributed by atoms with van der Waals surface area (Å²) >= 11 is 13.1. The quantitative estimate of drug-likeness (QED) is 0.181. The summed E-state index contributed by atoms with van der Waals surface area (Å²) in [7, 11) is 0. The molecule has 0 radical (unpaired) electrons. The number of allylic oxidation sites excluding steroid dienone is 1. The van der Waals surface area contributed by atoms with Crippen LogP contribution in [0.5, 0.6) is 0 Å². The number of nitrogens with zero attached hydrogens (tertiary/aromatic N) is 1. The Kier molecular flexibility index (Phi) is 10.1. The number of Topliss-reactive ketones (excluding diaryl/α,β-unsaturated/α-hetero) is 1. The molecule has 44 heavy (non-hydrogen) atoms. The molecule has 1 heterocycles. The van der Waals surface area contributed by atoms with E-state index in [2.05, 4.69) is 29.1 Å². The van der Waals surface area contributed by atoms with Crippen molar-refractivity contribution in [2.24, 2.45) is 17.8 Å². The van der Waals surface area contributed by atoms with Gasteiger partial charge in [-0.3, -0.25) is 19.2 Å². The average molecular weight is 648 g/mol. The number of alkyl carbamates (subject to hydrolysis) is 1. The fourth-order valence-electron chi connectivity index (χ4n) is 6.18. The Hall–Kier alpha value is -3.37. The standard InChI is InChI=1S/C32H40Cl2N4O6/c1-6-8-13-22(26(39)28(41)35-14-7-2)36-27(40)25-23-21(32(23,33)34)17-38(25)29(42)24(37-30(43)44-31(3,4)5)20-15-18-11-9-10-12-19(18)16-20/h6-7,9-12,20-25H,1-2,8,13-17H2,3-5H3,(H,35,41)(H,36,40)(H,37,43)/t21?,22?,23?,24-,25-/m0/s1. The van der Waals surface area contributed by atoms with Gasteiger partial charge in [0.05, 0.1) is 6.04 Å². The fraction of sp³-hybridized carbons (Fsp3) is 0.531. The first-order chi connectivity index (χ1) is 20.7. The number of amides is 4. The predicted octanol–water partition coefficient (Wildman–Crippen LogP) is 3.25. The molecule has 238 valence electrons. The molecule has 12 heteroatoms. The minimum absolute atomic E-state index is 0.0828. The van der Waals surface area contributed by atoms with Crippen molar-refractivity contribution in [2.45, 2.75) is 74.5 Å². The van der Waals surface area contributed by atoms with Gasteiger partial charge in [0.1, 0.15) is 22.0 Å². The van der Waals surface area contributed by atoms with E-state index in [4.69, 9.17) is 27.9 Å². The van der Waals surface area contributed by atoms with E-state index in [0.717, 1.165) is 11.1 Å². The highest BCUT2D eigenvalue weighted by atomic mass is 35.5. The smallest absolute Gasteiger partial charge is 0.408 e. The van der Waals surface area contributed by atoms with Crippen LogP contribution in [0.4, 0.5) is 4.79 Å². The summed E-state index contributed by atoms with van der Waals surface area (Å²) in [6.07, 6.45) is 3.83. The highest BCUT2D eigenvalue weighted by Gasteiger charge is 2.74. The van der Waals surface area contributed by atoms with Crippen molar-refractivity contribution in [3.05, 3.63) is 60.7 Å². The van der Waals surface area contributed by atoms with E-state index in [1.54, 1.807) is 26.8 Å². The number of halogens is 2. The monoisotopic (exact) mass is 646 g/mol. The molecule has 10 nitrogen and oxygen atoms in total. The van der Waals surface area contributed by atoms with E-state index in [1.165, 1.54) is 11.0 Å². The summed E-state index contributed by atoms with van der Waals surface area (Å²) in [5.74, 6) is -4.09.